The fourth-order valence-electron chi connectivity index (χ4n) is 5.20. The van der Waals surface area contributed by atoms with Crippen molar-refractivity contribution in [3.63, 3.8) is 0 Å². The summed E-state index contributed by atoms with van der Waals surface area (Å²) in [5.74, 6) is -6.08. The smallest absolute Gasteiger partial charge is 0.255 e. The maximum Gasteiger partial charge on any atom is 0.255 e. The van der Waals surface area contributed by atoms with Crippen LogP contribution in [0.5, 0.6) is 5.75 Å². The number of Topliss-reactive ketones (excluding diaryl/α,β-unsaturated/α-hetero) is 2. The van der Waals surface area contributed by atoms with Crippen molar-refractivity contribution in [3.05, 3.63) is 51.5 Å². The number of nitrogens with two attached hydrogens (primary N) is 1. The Morgan fingerprint density at radius 3 is 2.35 bits per heavy atom. The second-order valence-corrected chi connectivity index (χ2v) is 9.66. The van der Waals surface area contributed by atoms with E-state index in [0.29, 0.717) is 17.5 Å². The van der Waals surface area contributed by atoms with Crippen molar-refractivity contribution in [3.8, 4) is 5.75 Å². The molecule has 0 saturated carbocycles. The SMILES string of the molecule is CC(C)(C)c1ccc2c(c1O)C(=O)C1=C(O)[C@]3(O)C(=O)C(C(N)=O)=C(O)C[C@@H]3C[C@@H]1C2. The summed E-state index contributed by atoms with van der Waals surface area (Å²) in [6.45, 7) is 5.67. The molecular weight excluding hydrogens is 402 g/mol. The molecule has 1 amide bonds. The molecule has 31 heavy (non-hydrogen) atoms. The molecule has 0 radical (unpaired) electrons. The van der Waals surface area contributed by atoms with Gasteiger partial charge in [-0.1, -0.05) is 32.9 Å². The van der Waals surface area contributed by atoms with Crippen LogP contribution in [0.2, 0.25) is 0 Å². The lowest BCUT2D eigenvalue weighted by molar-refractivity contribution is -0.144. The van der Waals surface area contributed by atoms with Crippen LogP contribution in [-0.4, -0.2) is 43.5 Å². The largest absolute Gasteiger partial charge is 0.511 e. The van der Waals surface area contributed by atoms with Gasteiger partial charge in [-0.25, -0.2) is 0 Å². The molecule has 4 rings (SSSR count). The molecule has 8 nitrogen and oxygen atoms in total. The summed E-state index contributed by atoms with van der Waals surface area (Å²) in [5.41, 5.74) is 2.51. The van der Waals surface area contributed by atoms with Crippen LogP contribution in [0.15, 0.2) is 34.8 Å². The van der Waals surface area contributed by atoms with Crippen LogP contribution in [0.25, 0.3) is 0 Å². The summed E-state index contributed by atoms with van der Waals surface area (Å²) in [5, 5.41) is 43.2. The van der Waals surface area contributed by atoms with Gasteiger partial charge in [0, 0.05) is 23.5 Å². The number of phenolic OH excluding ortho intramolecular Hbond substituents is 1. The second kappa shape index (κ2) is 6.43. The Bertz CT molecular complexity index is 1120. The minimum Gasteiger partial charge on any atom is -0.511 e. The van der Waals surface area contributed by atoms with Crippen LogP contribution in [-0.2, 0) is 21.4 Å². The van der Waals surface area contributed by atoms with Gasteiger partial charge in [-0.2, -0.15) is 0 Å². The third kappa shape index (κ3) is 2.74. The molecule has 3 aliphatic rings. The van der Waals surface area contributed by atoms with Gasteiger partial charge >= 0.3 is 0 Å². The standard InChI is InChI=1S/C23H25NO7/c1-22(2,3)12-5-4-9-6-10-7-11-8-13(25)16(21(24)30)20(29)23(11,31)19(28)15(10)18(27)14(9)17(12)26/h4-5,10-11,25-26,28,31H,6-8H2,1-3H3,(H2,24,30)/t10-,11-,23-/m0/s1. The number of aromatic hydroxyl groups is 1. The Kier molecular flexibility index (Phi) is 4.38. The molecule has 0 heterocycles. The molecule has 0 fully saturated rings. The lowest BCUT2D eigenvalue weighted by Gasteiger charge is -2.45. The van der Waals surface area contributed by atoms with Gasteiger partial charge in [-0.05, 0) is 29.7 Å². The highest BCUT2D eigenvalue weighted by Gasteiger charge is 2.59. The molecule has 6 N–H and O–H groups in total. The average Bonchev–Trinajstić information content (AvgIpc) is 2.63. The van der Waals surface area contributed by atoms with E-state index in [-0.39, 0.29) is 29.7 Å². The van der Waals surface area contributed by atoms with Gasteiger partial charge in [0.2, 0.25) is 5.78 Å². The van der Waals surface area contributed by atoms with Crippen LogP contribution in [0, 0.1) is 11.8 Å². The normalized spacial score (nSPS) is 28.3. The van der Waals surface area contributed by atoms with E-state index in [1.165, 1.54) is 0 Å². The topological polar surface area (TPSA) is 158 Å². The molecule has 3 aliphatic carbocycles. The molecule has 164 valence electrons. The molecule has 3 atom stereocenters. The quantitative estimate of drug-likeness (QED) is 0.428. The maximum absolute atomic E-state index is 13.4. The van der Waals surface area contributed by atoms with E-state index in [1.54, 1.807) is 12.1 Å². The van der Waals surface area contributed by atoms with Gasteiger partial charge in [-0.15, -0.1) is 0 Å². The predicted molar refractivity (Wildman–Crippen MR) is 110 cm³/mol. The van der Waals surface area contributed by atoms with Crippen molar-refractivity contribution in [2.45, 2.75) is 51.0 Å². The Hall–Kier alpha value is -3.13. The number of amides is 1. The number of aliphatic hydroxyl groups excluding tert-OH is 2. The Morgan fingerprint density at radius 1 is 1.13 bits per heavy atom. The molecule has 0 aliphatic heterocycles. The fourth-order valence-corrected chi connectivity index (χ4v) is 5.20. The highest BCUT2D eigenvalue weighted by molar-refractivity contribution is 6.24. The van der Waals surface area contributed by atoms with Crippen molar-refractivity contribution in [2.75, 3.05) is 0 Å². The lowest BCUT2D eigenvalue weighted by Crippen LogP contribution is -2.57. The lowest BCUT2D eigenvalue weighted by atomic mass is 9.60. The summed E-state index contributed by atoms with van der Waals surface area (Å²) in [6, 6.07) is 3.55. The number of phenols is 1. The molecule has 0 bridgehead atoms. The molecular formula is C23H25NO7. The van der Waals surface area contributed by atoms with Crippen LogP contribution in [0.1, 0.15) is 55.1 Å². The molecule has 0 saturated heterocycles. The number of hydrogen-bond donors (Lipinski definition) is 5. The molecule has 1 aromatic carbocycles. The van der Waals surface area contributed by atoms with Crippen molar-refractivity contribution in [1.82, 2.24) is 0 Å². The van der Waals surface area contributed by atoms with Crippen LogP contribution in [0.4, 0.5) is 0 Å². The molecule has 0 spiro atoms. The number of aliphatic hydroxyl groups is 3. The van der Waals surface area contributed by atoms with E-state index in [4.69, 9.17) is 5.73 Å². The number of benzene rings is 1. The van der Waals surface area contributed by atoms with Gasteiger partial charge < -0.3 is 26.2 Å². The van der Waals surface area contributed by atoms with E-state index in [0.717, 1.165) is 0 Å². The van der Waals surface area contributed by atoms with Crippen molar-refractivity contribution in [2.24, 2.45) is 17.6 Å². The summed E-state index contributed by atoms with van der Waals surface area (Å²) in [7, 11) is 0. The van der Waals surface area contributed by atoms with Gasteiger partial charge in [-0.3, -0.25) is 14.4 Å². The Balaban J connectivity index is 1.90. The predicted octanol–water partition coefficient (Wildman–Crippen LogP) is 1.88. The number of primary amides is 1. The molecule has 0 unspecified atom stereocenters. The summed E-state index contributed by atoms with van der Waals surface area (Å²) >= 11 is 0. The number of carbonyl (C=O) groups excluding carboxylic acids is 3. The van der Waals surface area contributed by atoms with Gasteiger partial charge in [0.1, 0.15) is 22.8 Å². The first kappa shape index (κ1) is 21.1. The second-order valence-electron chi connectivity index (χ2n) is 9.66. The van der Waals surface area contributed by atoms with E-state index in [9.17, 15) is 34.8 Å². The summed E-state index contributed by atoms with van der Waals surface area (Å²) in [6.07, 6.45) is 0.209. The van der Waals surface area contributed by atoms with Crippen molar-refractivity contribution < 1.29 is 34.8 Å². The Morgan fingerprint density at radius 2 is 1.77 bits per heavy atom. The van der Waals surface area contributed by atoms with E-state index < -0.39 is 57.4 Å². The van der Waals surface area contributed by atoms with E-state index >= 15 is 0 Å². The Labute approximate surface area is 178 Å². The number of allylic oxidation sites excluding steroid dienone is 2. The maximum atomic E-state index is 13.4. The zero-order valence-electron chi connectivity index (χ0n) is 17.5. The zero-order chi connectivity index (χ0) is 23.0. The third-order valence-electron chi connectivity index (χ3n) is 6.74. The average molecular weight is 427 g/mol. The zero-order valence-corrected chi connectivity index (χ0v) is 17.5. The number of fused-ring (bicyclic) bond motifs is 3. The number of ketones is 2. The van der Waals surface area contributed by atoms with E-state index in [2.05, 4.69) is 0 Å². The van der Waals surface area contributed by atoms with Gasteiger partial charge in [0.05, 0.1) is 5.56 Å². The van der Waals surface area contributed by atoms with Gasteiger partial charge in [0.25, 0.3) is 5.91 Å². The molecule has 0 aromatic heterocycles. The number of rotatable bonds is 1. The van der Waals surface area contributed by atoms with E-state index in [1.807, 2.05) is 20.8 Å². The minimum absolute atomic E-state index is 0.0454. The first-order valence-corrected chi connectivity index (χ1v) is 10.1. The first-order chi connectivity index (χ1) is 14.3. The fraction of sp³-hybridized carbons (Fsp3) is 0.435. The van der Waals surface area contributed by atoms with Crippen LogP contribution < -0.4 is 5.73 Å². The first-order valence-electron chi connectivity index (χ1n) is 10.1. The van der Waals surface area contributed by atoms with Gasteiger partial charge in [0.15, 0.2) is 11.4 Å². The third-order valence-corrected chi connectivity index (χ3v) is 6.74. The minimum atomic E-state index is -2.53. The van der Waals surface area contributed by atoms with Crippen LogP contribution in [0.3, 0.4) is 0 Å². The molecule has 8 heteroatoms. The summed E-state index contributed by atoms with van der Waals surface area (Å²) in [4.78, 5) is 38.0. The highest BCUT2D eigenvalue weighted by atomic mass is 16.3. The summed E-state index contributed by atoms with van der Waals surface area (Å²) < 4.78 is 0. The van der Waals surface area contributed by atoms with Crippen LogP contribution >= 0.6 is 0 Å². The number of hydrogen-bond acceptors (Lipinski definition) is 7. The van der Waals surface area contributed by atoms with Crippen molar-refractivity contribution in [1.29, 1.82) is 0 Å². The number of carbonyl (C=O) groups is 3. The molecule has 1 aromatic rings. The van der Waals surface area contributed by atoms with Crippen molar-refractivity contribution >= 4 is 17.5 Å². The highest BCUT2D eigenvalue weighted by Crippen LogP contribution is 2.51. The monoisotopic (exact) mass is 427 g/mol.